The Hall–Kier alpha value is -1.04. The third-order valence-corrected chi connectivity index (χ3v) is 4.78. The SMILES string of the molecule is C=CCN(C(C)C)S(=O)(=O)c1cc(Cl)ccc1N. The summed E-state index contributed by atoms with van der Waals surface area (Å²) >= 11 is 5.83. The Kier molecular flexibility index (Phi) is 4.78. The Morgan fingerprint density at radius 1 is 1.50 bits per heavy atom. The van der Waals surface area contributed by atoms with Gasteiger partial charge in [0.15, 0.2) is 0 Å². The molecule has 0 aliphatic rings. The van der Waals surface area contributed by atoms with Gasteiger partial charge in [-0.3, -0.25) is 0 Å². The monoisotopic (exact) mass is 288 g/mol. The van der Waals surface area contributed by atoms with Gasteiger partial charge in [0, 0.05) is 17.6 Å². The molecule has 0 aromatic heterocycles. The molecule has 0 aliphatic heterocycles. The van der Waals surface area contributed by atoms with Gasteiger partial charge in [-0.15, -0.1) is 6.58 Å². The van der Waals surface area contributed by atoms with Crippen LogP contribution in [0.3, 0.4) is 0 Å². The molecule has 0 amide bonds. The molecule has 4 nitrogen and oxygen atoms in total. The molecule has 2 N–H and O–H groups in total. The first kappa shape index (κ1) is 15.0. The van der Waals surface area contributed by atoms with E-state index in [9.17, 15) is 8.42 Å². The van der Waals surface area contributed by atoms with E-state index in [4.69, 9.17) is 17.3 Å². The summed E-state index contributed by atoms with van der Waals surface area (Å²) in [5.41, 5.74) is 5.91. The van der Waals surface area contributed by atoms with Crippen LogP contribution in [-0.4, -0.2) is 25.3 Å². The molecule has 0 bridgehead atoms. The molecule has 18 heavy (non-hydrogen) atoms. The van der Waals surface area contributed by atoms with Gasteiger partial charge >= 0.3 is 0 Å². The highest BCUT2D eigenvalue weighted by molar-refractivity contribution is 7.89. The molecule has 1 rings (SSSR count). The molecular weight excluding hydrogens is 272 g/mol. The maximum atomic E-state index is 12.5. The zero-order valence-corrected chi connectivity index (χ0v) is 12.0. The van der Waals surface area contributed by atoms with Crippen LogP contribution in [0, 0.1) is 0 Å². The quantitative estimate of drug-likeness (QED) is 0.669. The summed E-state index contributed by atoms with van der Waals surface area (Å²) in [6.45, 7) is 7.38. The smallest absolute Gasteiger partial charge is 0.245 e. The van der Waals surface area contributed by atoms with Crippen LogP contribution in [0.4, 0.5) is 5.69 Å². The first-order chi connectivity index (χ1) is 8.30. The third kappa shape index (κ3) is 3.04. The minimum absolute atomic E-state index is 0.0329. The molecule has 0 heterocycles. The molecule has 0 atom stereocenters. The van der Waals surface area contributed by atoms with Crippen molar-refractivity contribution in [1.82, 2.24) is 4.31 Å². The zero-order chi connectivity index (χ0) is 13.9. The van der Waals surface area contributed by atoms with Gasteiger partial charge in [-0.1, -0.05) is 17.7 Å². The van der Waals surface area contributed by atoms with E-state index in [1.165, 1.54) is 22.5 Å². The Morgan fingerprint density at radius 3 is 2.61 bits per heavy atom. The Labute approximate surface area is 113 Å². The lowest BCUT2D eigenvalue weighted by atomic mass is 10.3. The lowest BCUT2D eigenvalue weighted by Crippen LogP contribution is -2.37. The second kappa shape index (κ2) is 5.73. The Balaban J connectivity index is 3.35. The van der Waals surface area contributed by atoms with E-state index in [1.54, 1.807) is 19.9 Å². The van der Waals surface area contributed by atoms with Crippen molar-refractivity contribution in [2.75, 3.05) is 12.3 Å². The van der Waals surface area contributed by atoms with Crippen molar-refractivity contribution in [3.8, 4) is 0 Å². The molecule has 100 valence electrons. The molecular formula is C12H17ClN2O2S. The van der Waals surface area contributed by atoms with Crippen LogP contribution >= 0.6 is 11.6 Å². The minimum atomic E-state index is -3.66. The van der Waals surface area contributed by atoms with E-state index in [2.05, 4.69) is 6.58 Å². The van der Waals surface area contributed by atoms with E-state index < -0.39 is 10.0 Å². The van der Waals surface area contributed by atoms with Crippen LogP contribution in [-0.2, 0) is 10.0 Å². The molecule has 0 spiro atoms. The number of benzene rings is 1. The van der Waals surface area contributed by atoms with Crippen molar-refractivity contribution in [2.45, 2.75) is 24.8 Å². The molecule has 0 unspecified atom stereocenters. The van der Waals surface area contributed by atoms with Gasteiger partial charge in [-0.25, -0.2) is 8.42 Å². The average Bonchev–Trinajstić information content (AvgIpc) is 2.28. The van der Waals surface area contributed by atoms with Crippen LogP contribution in [0.25, 0.3) is 0 Å². The highest BCUT2D eigenvalue weighted by Crippen LogP contribution is 2.26. The summed E-state index contributed by atoms with van der Waals surface area (Å²) in [5, 5.41) is 0.338. The number of rotatable bonds is 5. The number of nitrogens with zero attached hydrogens (tertiary/aromatic N) is 1. The number of sulfonamides is 1. The summed E-state index contributed by atoms with van der Waals surface area (Å²) in [6, 6.07) is 4.22. The number of halogens is 1. The molecule has 0 aliphatic carbocycles. The topological polar surface area (TPSA) is 63.4 Å². The lowest BCUT2D eigenvalue weighted by molar-refractivity contribution is 0.383. The third-order valence-electron chi connectivity index (χ3n) is 2.45. The zero-order valence-electron chi connectivity index (χ0n) is 10.4. The highest BCUT2D eigenvalue weighted by Gasteiger charge is 2.27. The normalized spacial score (nSPS) is 12.1. The molecule has 0 fully saturated rings. The molecule has 0 saturated carbocycles. The Morgan fingerprint density at radius 2 is 2.11 bits per heavy atom. The summed E-state index contributed by atoms with van der Waals surface area (Å²) in [6.07, 6.45) is 1.54. The first-order valence-electron chi connectivity index (χ1n) is 5.48. The van der Waals surface area contributed by atoms with Crippen molar-refractivity contribution in [1.29, 1.82) is 0 Å². The van der Waals surface area contributed by atoms with Gasteiger partial charge in [0.2, 0.25) is 10.0 Å². The number of nitrogen functional groups attached to an aromatic ring is 1. The van der Waals surface area contributed by atoms with Crippen LogP contribution < -0.4 is 5.73 Å². The summed E-state index contributed by atoms with van der Waals surface area (Å²) in [4.78, 5) is 0.0329. The summed E-state index contributed by atoms with van der Waals surface area (Å²) in [5.74, 6) is 0. The van der Waals surface area contributed by atoms with Crippen LogP contribution in [0.1, 0.15) is 13.8 Å². The van der Waals surface area contributed by atoms with E-state index >= 15 is 0 Å². The second-order valence-corrected chi connectivity index (χ2v) is 6.43. The van der Waals surface area contributed by atoms with Gasteiger partial charge in [-0.05, 0) is 32.0 Å². The number of anilines is 1. The van der Waals surface area contributed by atoms with Crippen molar-refractivity contribution < 1.29 is 8.42 Å². The number of hydrogen-bond donors (Lipinski definition) is 1. The maximum Gasteiger partial charge on any atom is 0.245 e. The molecule has 1 aromatic carbocycles. The van der Waals surface area contributed by atoms with Crippen molar-refractivity contribution in [2.24, 2.45) is 0 Å². The van der Waals surface area contributed by atoms with Crippen molar-refractivity contribution in [3.05, 3.63) is 35.9 Å². The van der Waals surface area contributed by atoms with E-state index in [-0.39, 0.29) is 23.2 Å². The first-order valence-corrected chi connectivity index (χ1v) is 7.30. The molecule has 6 heteroatoms. The molecule has 0 radical (unpaired) electrons. The fourth-order valence-electron chi connectivity index (χ4n) is 1.57. The Bertz CT molecular complexity index is 541. The summed E-state index contributed by atoms with van der Waals surface area (Å²) < 4.78 is 26.3. The fourth-order valence-corrected chi connectivity index (χ4v) is 3.56. The van der Waals surface area contributed by atoms with Gasteiger partial charge in [-0.2, -0.15) is 4.31 Å². The van der Waals surface area contributed by atoms with Crippen LogP contribution in [0.5, 0.6) is 0 Å². The minimum Gasteiger partial charge on any atom is -0.398 e. The van der Waals surface area contributed by atoms with Gasteiger partial charge < -0.3 is 5.73 Å². The number of nitrogens with two attached hydrogens (primary N) is 1. The second-order valence-electron chi connectivity index (χ2n) is 4.14. The standard InChI is InChI=1S/C12H17ClN2O2S/c1-4-7-15(9(2)3)18(16,17)12-8-10(13)5-6-11(12)14/h4-6,8-9H,1,7,14H2,2-3H3. The predicted octanol–water partition coefficient (Wildman–Crippen LogP) is 2.51. The van der Waals surface area contributed by atoms with E-state index in [1.807, 2.05) is 0 Å². The molecule has 1 aromatic rings. The summed E-state index contributed by atoms with van der Waals surface area (Å²) in [7, 11) is -3.66. The van der Waals surface area contributed by atoms with Gasteiger partial charge in [0.25, 0.3) is 0 Å². The predicted molar refractivity (Wildman–Crippen MR) is 75.1 cm³/mol. The largest absolute Gasteiger partial charge is 0.398 e. The van der Waals surface area contributed by atoms with Crippen molar-refractivity contribution in [3.63, 3.8) is 0 Å². The van der Waals surface area contributed by atoms with E-state index in [0.717, 1.165) is 0 Å². The maximum absolute atomic E-state index is 12.5. The van der Waals surface area contributed by atoms with E-state index in [0.29, 0.717) is 5.02 Å². The molecule has 0 saturated heterocycles. The fraction of sp³-hybridized carbons (Fsp3) is 0.333. The lowest BCUT2D eigenvalue weighted by Gasteiger charge is -2.25. The average molecular weight is 289 g/mol. The van der Waals surface area contributed by atoms with Crippen molar-refractivity contribution >= 4 is 27.3 Å². The van der Waals surface area contributed by atoms with Crippen LogP contribution in [0.15, 0.2) is 35.7 Å². The van der Waals surface area contributed by atoms with Gasteiger partial charge in [0.05, 0.1) is 5.69 Å². The number of hydrogen-bond acceptors (Lipinski definition) is 3. The van der Waals surface area contributed by atoms with Crippen LogP contribution in [0.2, 0.25) is 5.02 Å². The highest BCUT2D eigenvalue weighted by atomic mass is 35.5. The van der Waals surface area contributed by atoms with Gasteiger partial charge in [0.1, 0.15) is 4.90 Å².